The Balaban J connectivity index is 1.19. The van der Waals surface area contributed by atoms with Gasteiger partial charge in [-0.2, -0.15) is 0 Å². The molecule has 4 rings (SSSR count). The first kappa shape index (κ1) is 25.3. The highest BCUT2D eigenvalue weighted by Crippen LogP contribution is 2.18. The number of benzene rings is 2. The minimum Gasteiger partial charge on any atom is -0.494 e. The maximum Gasteiger partial charge on any atom is 0.256 e. The van der Waals surface area contributed by atoms with Gasteiger partial charge in [0.25, 0.3) is 5.91 Å². The minimum atomic E-state index is -0.860. The van der Waals surface area contributed by atoms with E-state index in [9.17, 15) is 18.4 Å². The molecule has 0 saturated carbocycles. The molecule has 0 spiro atoms. The fourth-order valence-electron chi connectivity index (χ4n) is 4.76. The number of carbonyl (C=O) groups is 2. The quantitative estimate of drug-likeness (QED) is 0.399. The number of carbonyl (C=O) groups excluding carboxylic acids is 2. The third kappa shape index (κ3) is 6.64. The first-order chi connectivity index (χ1) is 16.9. The molecule has 2 heterocycles. The van der Waals surface area contributed by atoms with Crippen LogP contribution in [0.1, 0.15) is 46.9 Å². The molecule has 0 aromatic heterocycles. The molecule has 1 atom stereocenters. The van der Waals surface area contributed by atoms with Gasteiger partial charge in [-0.1, -0.05) is 0 Å². The predicted octanol–water partition coefficient (Wildman–Crippen LogP) is 3.86. The van der Waals surface area contributed by atoms with Crippen molar-refractivity contribution in [3.63, 3.8) is 0 Å². The van der Waals surface area contributed by atoms with E-state index in [1.165, 1.54) is 30.4 Å². The summed E-state index contributed by atoms with van der Waals surface area (Å²) in [5, 5.41) is 0. The van der Waals surface area contributed by atoms with Gasteiger partial charge in [0, 0.05) is 50.4 Å². The fraction of sp³-hybridized carbons (Fsp3) is 0.481. The number of ketones is 1. The Hall–Kier alpha value is -2.84. The lowest BCUT2D eigenvalue weighted by atomic mass is 10.1. The van der Waals surface area contributed by atoms with Crippen molar-refractivity contribution in [2.24, 2.45) is 0 Å². The summed E-state index contributed by atoms with van der Waals surface area (Å²) in [7, 11) is 0. The number of ether oxygens (including phenoxy) is 1. The van der Waals surface area contributed by atoms with Crippen LogP contribution in [0.3, 0.4) is 0 Å². The predicted molar refractivity (Wildman–Crippen MR) is 130 cm³/mol. The summed E-state index contributed by atoms with van der Waals surface area (Å²) in [6.45, 7) is 7.19. The van der Waals surface area contributed by atoms with Gasteiger partial charge in [-0.25, -0.2) is 8.78 Å². The number of hydrogen-bond acceptors (Lipinski definition) is 5. The van der Waals surface area contributed by atoms with E-state index in [1.807, 2.05) is 17.0 Å². The zero-order valence-electron chi connectivity index (χ0n) is 20.2. The molecule has 0 radical (unpaired) electrons. The number of likely N-dealkylation sites (tertiary alicyclic amines) is 1. The van der Waals surface area contributed by atoms with Gasteiger partial charge < -0.3 is 14.5 Å². The maximum absolute atomic E-state index is 13.9. The van der Waals surface area contributed by atoms with Crippen LogP contribution in [-0.2, 0) is 0 Å². The smallest absolute Gasteiger partial charge is 0.256 e. The van der Waals surface area contributed by atoms with Crippen molar-refractivity contribution >= 4 is 11.7 Å². The Kier molecular flexibility index (Phi) is 8.46. The van der Waals surface area contributed by atoms with Gasteiger partial charge in [0.1, 0.15) is 17.4 Å². The summed E-state index contributed by atoms with van der Waals surface area (Å²) in [5.74, 6) is -1.27. The Bertz CT molecular complexity index is 1020. The number of amides is 1. The molecule has 35 heavy (non-hydrogen) atoms. The average Bonchev–Trinajstić information content (AvgIpc) is 3.27. The van der Waals surface area contributed by atoms with Gasteiger partial charge in [0.15, 0.2) is 5.78 Å². The second-order valence-corrected chi connectivity index (χ2v) is 9.37. The second-order valence-electron chi connectivity index (χ2n) is 9.37. The van der Waals surface area contributed by atoms with Crippen molar-refractivity contribution in [3.05, 3.63) is 65.2 Å². The number of halogens is 2. The summed E-state index contributed by atoms with van der Waals surface area (Å²) in [5.41, 5.74) is 0.485. The first-order valence-electron chi connectivity index (χ1n) is 12.4. The van der Waals surface area contributed by atoms with Crippen molar-refractivity contribution < 1.29 is 23.1 Å². The molecular formula is C27H33F2N3O3. The lowest BCUT2D eigenvalue weighted by Gasteiger charge is -2.34. The SMILES string of the molecule is CC1CCCN1CCCOc1ccc(C(=O)CN2CCN(C(=O)c3ccc(F)cc3F)CC2)cc1. The molecule has 0 aliphatic carbocycles. The molecule has 8 heteroatoms. The van der Waals surface area contributed by atoms with Crippen LogP contribution in [0, 0.1) is 11.6 Å². The molecule has 1 unspecified atom stereocenters. The van der Waals surface area contributed by atoms with E-state index in [0.29, 0.717) is 50.5 Å². The zero-order valence-corrected chi connectivity index (χ0v) is 20.2. The molecule has 2 aliphatic heterocycles. The first-order valence-corrected chi connectivity index (χ1v) is 12.4. The highest BCUT2D eigenvalue weighted by molar-refractivity contribution is 5.98. The summed E-state index contributed by atoms with van der Waals surface area (Å²) in [6, 6.07) is 10.9. The Morgan fingerprint density at radius 1 is 1.00 bits per heavy atom. The van der Waals surface area contributed by atoms with E-state index in [1.54, 1.807) is 12.1 Å². The number of hydrogen-bond donors (Lipinski definition) is 0. The number of Topliss-reactive ketones (excluding diaryl/α,β-unsaturated/α-hetero) is 1. The van der Waals surface area contributed by atoms with Crippen LogP contribution >= 0.6 is 0 Å². The van der Waals surface area contributed by atoms with Crippen molar-refractivity contribution in [2.75, 3.05) is 52.4 Å². The Morgan fingerprint density at radius 2 is 1.74 bits per heavy atom. The Labute approximate surface area is 205 Å². The number of nitrogens with zero attached hydrogens (tertiary/aromatic N) is 3. The van der Waals surface area contributed by atoms with Crippen molar-refractivity contribution in [1.29, 1.82) is 0 Å². The van der Waals surface area contributed by atoms with Crippen LogP contribution in [0.4, 0.5) is 8.78 Å². The molecule has 6 nitrogen and oxygen atoms in total. The largest absolute Gasteiger partial charge is 0.494 e. The van der Waals surface area contributed by atoms with Crippen molar-refractivity contribution in [1.82, 2.24) is 14.7 Å². The van der Waals surface area contributed by atoms with E-state index in [2.05, 4.69) is 11.8 Å². The second kappa shape index (κ2) is 11.7. The van der Waals surface area contributed by atoms with Gasteiger partial charge >= 0.3 is 0 Å². The lowest BCUT2D eigenvalue weighted by Crippen LogP contribution is -2.50. The monoisotopic (exact) mass is 485 g/mol. The third-order valence-electron chi connectivity index (χ3n) is 6.91. The highest BCUT2D eigenvalue weighted by Gasteiger charge is 2.25. The number of piperazine rings is 1. The van der Waals surface area contributed by atoms with Gasteiger partial charge in [-0.05, 0) is 69.1 Å². The van der Waals surface area contributed by atoms with E-state index >= 15 is 0 Å². The summed E-state index contributed by atoms with van der Waals surface area (Å²) in [4.78, 5) is 31.3. The van der Waals surface area contributed by atoms with E-state index in [0.717, 1.165) is 24.8 Å². The number of rotatable bonds is 9. The molecule has 188 valence electrons. The molecule has 2 saturated heterocycles. The van der Waals surface area contributed by atoms with Gasteiger partial charge in [0.2, 0.25) is 0 Å². The lowest BCUT2D eigenvalue weighted by molar-refractivity contribution is 0.0620. The molecular weight excluding hydrogens is 452 g/mol. The van der Waals surface area contributed by atoms with Crippen molar-refractivity contribution in [3.8, 4) is 5.75 Å². The standard InChI is InChI=1S/C27H33F2N3O3/c1-20-4-2-11-31(20)12-3-17-35-23-8-5-21(6-9-23)26(33)19-30-13-15-32(16-14-30)27(34)24-10-7-22(28)18-25(24)29/h5-10,18,20H,2-4,11-17,19H2,1H3. The Morgan fingerprint density at radius 3 is 2.40 bits per heavy atom. The van der Waals surface area contributed by atoms with Crippen LogP contribution in [0.2, 0.25) is 0 Å². The minimum absolute atomic E-state index is 0.00364. The molecule has 0 N–H and O–H groups in total. The van der Waals surface area contributed by atoms with Crippen LogP contribution in [0.15, 0.2) is 42.5 Å². The molecule has 1 amide bonds. The van der Waals surface area contributed by atoms with Gasteiger partial charge in [-0.3, -0.25) is 14.5 Å². The van der Waals surface area contributed by atoms with Crippen molar-refractivity contribution in [2.45, 2.75) is 32.2 Å². The normalized spacial score (nSPS) is 19.2. The fourth-order valence-corrected chi connectivity index (χ4v) is 4.76. The summed E-state index contributed by atoms with van der Waals surface area (Å²) >= 11 is 0. The van der Waals surface area contributed by atoms with E-state index < -0.39 is 17.5 Å². The van der Waals surface area contributed by atoms with Crippen LogP contribution in [0.25, 0.3) is 0 Å². The van der Waals surface area contributed by atoms with Crippen LogP contribution < -0.4 is 4.74 Å². The molecule has 2 aromatic carbocycles. The zero-order chi connectivity index (χ0) is 24.8. The summed E-state index contributed by atoms with van der Waals surface area (Å²) < 4.78 is 32.9. The molecule has 2 aromatic rings. The third-order valence-corrected chi connectivity index (χ3v) is 6.91. The van der Waals surface area contributed by atoms with E-state index in [4.69, 9.17) is 4.74 Å². The van der Waals surface area contributed by atoms with Crippen LogP contribution in [0.5, 0.6) is 5.75 Å². The highest BCUT2D eigenvalue weighted by atomic mass is 19.1. The van der Waals surface area contributed by atoms with E-state index in [-0.39, 0.29) is 17.9 Å². The summed E-state index contributed by atoms with van der Waals surface area (Å²) in [6.07, 6.45) is 3.54. The van der Waals surface area contributed by atoms with Gasteiger partial charge in [-0.15, -0.1) is 0 Å². The molecule has 2 fully saturated rings. The average molecular weight is 486 g/mol. The molecule has 0 bridgehead atoms. The molecule has 2 aliphatic rings. The topological polar surface area (TPSA) is 53.1 Å². The van der Waals surface area contributed by atoms with Gasteiger partial charge in [0.05, 0.1) is 18.7 Å². The van der Waals surface area contributed by atoms with Crippen LogP contribution in [-0.4, -0.2) is 84.9 Å². The maximum atomic E-state index is 13.9.